The topological polar surface area (TPSA) is 131 Å². The van der Waals surface area contributed by atoms with E-state index in [0.717, 1.165) is 11.1 Å². The van der Waals surface area contributed by atoms with E-state index >= 15 is 0 Å². The van der Waals surface area contributed by atoms with Gasteiger partial charge in [-0.25, -0.2) is 4.98 Å². The van der Waals surface area contributed by atoms with E-state index in [-0.39, 0.29) is 22.8 Å². The number of hydrogen-bond acceptors (Lipinski definition) is 6. The lowest BCUT2D eigenvalue weighted by Gasteiger charge is -2.08. The van der Waals surface area contributed by atoms with Crippen LogP contribution in [-0.4, -0.2) is 25.2 Å². The monoisotopic (exact) mass is 325 g/mol. The largest absolute Gasteiger partial charge is 0.507 e. The van der Waals surface area contributed by atoms with Crippen LogP contribution >= 0.6 is 0 Å². The molecule has 0 fully saturated rings. The Morgan fingerprint density at radius 3 is 2.62 bits per heavy atom. The number of rotatable bonds is 4. The smallest absolute Gasteiger partial charge is 0.270 e. The summed E-state index contributed by atoms with van der Waals surface area (Å²) in [4.78, 5) is 14.6. The number of non-ortho nitro benzene ring substituents is 1. The fraction of sp³-hybridized carbons (Fsp3) is 0.125. The molecule has 122 valence electrons. The standard InChI is InChI=1S/C16H15N5O3/c1-9-2-4-10(5-3-9)14(17)16-18-15(19-20-16)12-8-11(21(23)24)6-7-13(12)22/h2-8,14,22H,17H2,1H3,(H,18,19,20)/t14-/m1/s1. The summed E-state index contributed by atoms with van der Waals surface area (Å²) in [7, 11) is 0. The Hall–Kier alpha value is -3.26. The first-order valence-electron chi connectivity index (χ1n) is 7.18. The molecule has 8 heteroatoms. The van der Waals surface area contributed by atoms with Gasteiger partial charge in [-0.2, -0.15) is 5.10 Å². The molecule has 0 unspecified atom stereocenters. The molecule has 1 aromatic heterocycles. The van der Waals surface area contributed by atoms with E-state index in [9.17, 15) is 15.2 Å². The molecule has 0 amide bonds. The number of nitrogens with one attached hydrogen (secondary N) is 1. The zero-order valence-electron chi connectivity index (χ0n) is 12.8. The molecule has 0 spiro atoms. The first-order chi connectivity index (χ1) is 11.5. The van der Waals surface area contributed by atoms with Crippen LogP contribution in [-0.2, 0) is 0 Å². The Morgan fingerprint density at radius 2 is 1.96 bits per heavy atom. The highest BCUT2D eigenvalue weighted by Gasteiger charge is 2.18. The van der Waals surface area contributed by atoms with Gasteiger partial charge in [-0.1, -0.05) is 29.8 Å². The minimum absolute atomic E-state index is 0.143. The van der Waals surface area contributed by atoms with E-state index in [2.05, 4.69) is 15.2 Å². The van der Waals surface area contributed by atoms with Crippen LogP contribution in [0.1, 0.15) is 23.0 Å². The van der Waals surface area contributed by atoms with Gasteiger partial charge in [0.05, 0.1) is 16.5 Å². The lowest BCUT2D eigenvalue weighted by Crippen LogP contribution is -2.13. The number of aromatic amines is 1. The Kier molecular flexibility index (Phi) is 3.97. The van der Waals surface area contributed by atoms with Crippen LogP contribution in [0.15, 0.2) is 42.5 Å². The van der Waals surface area contributed by atoms with Crippen LogP contribution in [0.4, 0.5) is 5.69 Å². The quantitative estimate of drug-likeness (QED) is 0.499. The molecule has 4 N–H and O–H groups in total. The van der Waals surface area contributed by atoms with Gasteiger partial charge in [0.1, 0.15) is 11.6 Å². The number of nitrogens with two attached hydrogens (primary N) is 1. The number of benzene rings is 2. The number of phenolic OH excluding ortho intramolecular Hbond substituents is 1. The van der Waals surface area contributed by atoms with Crippen molar-refractivity contribution in [3.63, 3.8) is 0 Å². The average molecular weight is 325 g/mol. The maximum atomic E-state index is 10.9. The molecule has 24 heavy (non-hydrogen) atoms. The van der Waals surface area contributed by atoms with Crippen molar-refractivity contribution in [1.29, 1.82) is 0 Å². The summed E-state index contributed by atoms with van der Waals surface area (Å²) in [6.45, 7) is 1.98. The number of phenols is 1. The first-order valence-corrected chi connectivity index (χ1v) is 7.18. The second-order valence-electron chi connectivity index (χ2n) is 5.39. The van der Waals surface area contributed by atoms with Crippen molar-refractivity contribution < 1.29 is 10.0 Å². The number of aromatic nitrogens is 3. The van der Waals surface area contributed by atoms with Crippen molar-refractivity contribution in [2.75, 3.05) is 0 Å². The van der Waals surface area contributed by atoms with E-state index < -0.39 is 11.0 Å². The summed E-state index contributed by atoms with van der Waals surface area (Å²) >= 11 is 0. The fourth-order valence-electron chi connectivity index (χ4n) is 2.28. The van der Waals surface area contributed by atoms with Crippen LogP contribution in [0.25, 0.3) is 11.4 Å². The summed E-state index contributed by atoms with van der Waals surface area (Å²) in [5.41, 5.74) is 8.15. The molecule has 0 aliphatic heterocycles. The van der Waals surface area contributed by atoms with Gasteiger partial charge in [0.15, 0.2) is 5.82 Å². The summed E-state index contributed by atoms with van der Waals surface area (Å²) < 4.78 is 0. The maximum Gasteiger partial charge on any atom is 0.270 e. The molecule has 0 radical (unpaired) electrons. The Morgan fingerprint density at radius 1 is 1.25 bits per heavy atom. The summed E-state index contributed by atoms with van der Waals surface area (Å²) in [5.74, 6) is 0.406. The summed E-state index contributed by atoms with van der Waals surface area (Å²) in [6, 6.07) is 10.8. The molecule has 0 saturated heterocycles. The maximum absolute atomic E-state index is 10.9. The molecular weight excluding hydrogens is 310 g/mol. The van der Waals surface area contributed by atoms with Gasteiger partial charge in [-0.05, 0) is 18.6 Å². The van der Waals surface area contributed by atoms with Crippen molar-refractivity contribution in [3.05, 3.63) is 69.5 Å². The molecule has 2 aromatic carbocycles. The summed E-state index contributed by atoms with van der Waals surface area (Å²) in [5, 5.41) is 27.5. The molecule has 3 rings (SSSR count). The van der Waals surface area contributed by atoms with Gasteiger partial charge in [-0.3, -0.25) is 15.2 Å². The minimum Gasteiger partial charge on any atom is -0.507 e. The van der Waals surface area contributed by atoms with Crippen LogP contribution in [0.5, 0.6) is 5.75 Å². The van der Waals surface area contributed by atoms with Gasteiger partial charge in [0.25, 0.3) is 5.69 Å². The second-order valence-corrected chi connectivity index (χ2v) is 5.39. The number of nitro benzene ring substituents is 1. The predicted octanol–water partition coefficient (Wildman–Crippen LogP) is 2.44. The number of nitro groups is 1. The number of aryl methyl sites for hydroxylation is 1. The summed E-state index contributed by atoms with van der Waals surface area (Å²) in [6.07, 6.45) is 0. The molecule has 8 nitrogen and oxygen atoms in total. The number of aromatic hydroxyl groups is 1. The number of hydrogen-bond donors (Lipinski definition) is 3. The van der Waals surface area contributed by atoms with Crippen LogP contribution < -0.4 is 5.73 Å². The highest BCUT2D eigenvalue weighted by molar-refractivity contribution is 5.66. The van der Waals surface area contributed by atoms with Crippen molar-refractivity contribution in [2.45, 2.75) is 13.0 Å². The van der Waals surface area contributed by atoms with Gasteiger partial charge in [0, 0.05) is 12.1 Å². The fourth-order valence-corrected chi connectivity index (χ4v) is 2.28. The van der Waals surface area contributed by atoms with Crippen LogP contribution in [0, 0.1) is 17.0 Å². The molecule has 0 aliphatic carbocycles. The highest BCUT2D eigenvalue weighted by atomic mass is 16.6. The number of nitrogens with zero attached hydrogens (tertiary/aromatic N) is 3. The van der Waals surface area contributed by atoms with Crippen LogP contribution in [0.3, 0.4) is 0 Å². The molecule has 0 aliphatic rings. The van der Waals surface area contributed by atoms with E-state index in [1.165, 1.54) is 18.2 Å². The third-order valence-electron chi connectivity index (χ3n) is 3.67. The molecule has 0 saturated carbocycles. The second kappa shape index (κ2) is 6.09. The molecule has 1 heterocycles. The zero-order chi connectivity index (χ0) is 17.3. The predicted molar refractivity (Wildman–Crippen MR) is 87.3 cm³/mol. The minimum atomic E-state index is -0.547. The van der Waals surface area contributed by atoms with E-state index in [4.69, 9.17) is 5.73 Å². The van der Waals surface area contributed by atoms with E-state index in [1.807, 2.05) is 31.2 Å². The number of H-pyrrole nitrogens is 1. The SMILES string of the molecule is Cc1ccc([C@@H](N)c2nc(-c3cc([N+](=O)[O-])ccc3O)n[nH]2)cc1. The Labute approximate surface area is 137 Å². The Bertz CT molecular complexity index is 889. The van der Waals surface area contributed by atoms with Crippen molar-refractivity contribution >= 4 is 5.69 Å². The molecular formula is C16H15N5O3. The van der Waals surface area contributed by atoms with Crippen LogP contribution in [0.2, 0.25) is 0 Å². The lowest BCUT2D eigenvalue weighted by molar-refractivity contribution is -0.384. The van der Waals surface area contributed by atoms with E-state index in [1.54, 1.807) is 0 Å². The third kappa shape index (κ3) is 2.95. The van der Waals surface area contributed by atoms with Crippen molar-refractivity contribution in [2.24, 2.45) is 5.73 Å². The van der Waals surface area contributed by atoms with Gasteiger partial charge < -0.3 is 10.8 Å². The Balaban J connectivity index is 1.94. The van der Waals surface area contributed by atoms with Gasteiger partial charge in [0.2, 0.25) is 0 Å². The first kappa shape index (κ1) is 15.6. The van der Waals surface area contributed by atoms with Gasteiger partial charge >= 0.3 is 0 Å². The highest BCUT2D eigenvalue weighted by Crippen LogP contribution is 2.31. The van der Waals surface area contributed by atoms with Crippen molar-refractivity contribution in [3.8, 4) is 17.1 Å². The average Bonchev–Trinajstić information content (AvgIpc) is 3.05. The molecule has 0 bridgehead atoms. The third-order valence-corrected chi connectivity index (χ3v) is 3.67. The lowest BCUT2D eigenvalue weighted by atomic mass is 10.1. The van der Waals surface area contributed by atoms with Gasteiger partial charge in [-0.15, -0.1) is 0 Å². The van der Waals surface area contributed by atoms with Crippen molar-refractivity contribution in [1.82, 2.24) is 15.2 Å². The normalized spacial score (nSPS) is 12.1. The molecule has 3 aromatic rings. The zero-order valence-corrected chi connectivity index (χ0v) is 12.8. The molecule has 1 atom stereocenters. The van der Waals surface area contributed by atoms with E-state index in [0.29, 0.717) is 5.82 Å².